The number of hydrogen-bond donors (Lipinski definition) is 2. The Morgan fingerprint density at radius 1 is 2.00 bits per heavy atom. The molecule has 0 aliphatic carbocycles. The summed E-state index contributed by atoms with van der Waals surface area (Å²) in [6, 6.07) is 0. The minimum Gasteiger partial charge on any atom is -0.363 e. The van der Waals surface area contributed by atoms with Crippen LogP contribution in [0.3, 0.4) is 0 Å². The van der Waals surface area contributed by atoms with Crippen LogP contribution in [-0.4, -0.2) is 18.6 Å². The number of epoxide rings is 1. The molecule has 0 aromatic heterocycles. The quantitative estimate of drug-likeness (QED) is 0.252. The van der Waals surface area contributed by atoms with Crippen molar-refractivity contribution in [1.82, 2.24) is 4.72 Å². The van der Waals surface area contributed by atoms with Gasteiger partial charge in [0, 0.05) is 11.0 Å². The van der Waals surface area contributed by atoms with Crippen LogP contribution < -0.4 is 4.72 Å². The van der Waals surface area contributed by atoms with Gasteiger partial charge in [-0.25, -0.2) is 0 Å². The Morgan fingerprint density at radius 2 is 2.62 bits per heavy atom. The standard InChI is InChI=1S/C3H5NO2S2/c5-3(4-8-7)2-1-6-2/h2,7H,1H2,(H,4,5). The zero-order valence-electron chi connectivity index (χ0n) is 3.96. The summed E-state index contributed by atoms with van der Waals surface area (Å²) in [4.78, 5) is 10.5. The lowest BCUT2D eigenvalue weighted by Crippen LogP contribution is -2.19. The molecule has 1 rings (SSSR count). The van der Waals surface area contributed by atoms with Gasteiger partial charge in [0.05, 0.1) is 6.61 Å². The number of carbonyl (C=O) groups excluding carboxylic acids is 1. The minimum absolute atomic E-state index is 0.0926. The minimum atomic E-state index is -0.199. The predicted octanol–water partition coefficient (Wildman–Crippen LogP) is -0.00560. The van der Waals surface area contributed by atoms with Crippen LogP contribution in [0.25, 0.3) is 0 Å². The molecule has 0 saturated carbocycles. The maximum absolute atomic E-state index is 10.5. The van der Waals surface area contributed by atoms with E-state index in [4.69, 9.17) is 0 Å². The van der Waals surface area contributed by atoms with E-state index in [-0.39, 0.29) is 12.0 Å². The van der Waals surface area contributed by atoms with Gasteiger partial charge in [-0.3, -0.25) is 9.52 Å². The van der Waals surface area contributed by atoms with Crippen molar-refractivity contribution in [3.8, 4) is 0 Å². The van der Waals surface area contributed by atoms with Crippen LogP contribution in [0.1, 0.15) is 0 Å². The Hall–Kier alpha value is 0.130. The van der Waals surface area contributed by atoms with E-state index < -0.39 is 0 Å². The van der Waals surface area contributed by atoms with Gasteiger partial charge in [-0.1, -0.05) is 11.7 Å². The van der Waals surface area contributed by atoms with Crippen LogP contribution in [0.15, 0.2) is 0 Å². The zero-order chi connectivity index (χ0) is 5.98. The summed E-state index contributed by atoms with van der Waals surface area (Å²) in [6.07, 6.45) is -0.199. The largest absolute Gasteiger partial charge is 0.363 e. The number of ether oxygens (including phenoxy) is 1. The summed E-state index contributed by atoms with van der Waals surface area (Å²) >= 11 is 3.71. The third-order valence-electron chi connectivity index (χ3n) is 0.772. The third-order valence-corrected chi connectivity index (χ3v) is 1.34. The van der Waals surface area contributed by atoms with Gasteiger partial charge in [-0.05, 0) is 0 Å². The van der Waals surface area contributed by atoms with Gasteiger partial charge in [0.2, 0.25) is 0 Å². The molecule has 1 amide bonds. The van der Waals surface area contributed by atoms with E-state index in [1.165, 1.54) is 0 Å². The van der Waals surface area contributed by atoms with Gasteiger partial charge in [-0.15, -0.1) is 0 Å². The van der Waals surface area contributed by atoms with E-state index in [1.807, 2.05) is 0 Å². The van der Waals surface area contributed by atoms with Crippen molar-refractivity contribution >= 4 is 28.5 Å². The summed E-state index contributed by atoms with van der Waals surface area (Å²) in [5, 5.41) is 0. The molecular formula is C3H5NO2S2. The first-order valence-electron chi connectivity index (χ1n) is 2.06. The van der Waals surface area contributed by atoms with E-state index in [2.05, 4.69) is 21.1 Å². The third kappa shape index (κ3) is 1.57. The Labute approximate surface area is 56.1 Å². The highest BCUT2D eigenvalue weighted by Gasteiger charge is 2.30. The number of thiol groups is 1. The lowest BCUT2D eigenvalue weighted by molar-refractivity contribution is -0.120. The fraction of sp³-hybridized carbons (Fsp3) is 0.667. The second-order valence-electron chi connectivity index (χ2n) is 1.38. The molecule has 0 radical (unpaired) electrons. The van der Waals surface area contributed by atoms with Crippen LogP contribution >= 0.6 is 22.6 Å². The summed E-state index contributed by atoms with van der Waals surface area (Å²) in [5.74, 6) is -0.0926. The molecule has 0 aromatic rings. The Kier molecular flexibility index (Phi) is 2.04. The highest BCUT2D eigenvalue weighted by molar-refractivity contribution is 8.68. The number of hydrogen-bond acceptors (Lipinski definition) is 4. The molecule has 1 saturated heterocycles. The maximum Gasteiger partial charge on any atom is 0.261 e. The van der Waals surface area contributed by atoms with Gasteiger partial charge < -0.3 is 4.74 Å². The van der Waals surface area contributed by atoms with E-state index in [1.54, 1.807) is 0 Å². The van der Waals surface area contributed by atoms with Crippen LogP contribution in [0.4, 0.5) is 0 Å². The lowest BCUT2D eigenvalue weighted by Gasteiger charge is -1.91. The fourth-order valence-electron chi connectivity index (χ4n) is 0.310. The molecule has 1 unspecified atom stereocenters. The smallest absolute Gasteiger partial charge is 0.261 e. The van der Waals surface area contributed by atoms with E-state index in [0.29, 0.717) is 6.61 Å². The maximum atomic E-state index is 10.5. The van der Waals surface area contributed by atoms with Crippen molar-refractivity contribution in [3.05, 3.63) is 0 Å². The lowest BCUT2D eigenvalue weighted by atomic mass is 10.5. The molecule has 1 fully saturated rings. The number of amides is 1. The first-order chi connectivity index (χ1) is 3.84. The van der Waals surface area contributed by atoms with Gasteiger partial charge in [0.1, 0.15) is 0 Å². The first-order valence-corrected chi connectivity index (χ1v) is 3.93. The molecule has 1 heterocycles. The summed E-state index contributed by atoms with van der Waals surface area (Å²) in [6.45, 7) is 0.556. The predicted molar refractivity (Wildman–Crippen MR) is 34.5 cm³/mol. The van der Waals surface area contributed by atoms with Crippen LogP contribution in [-0.2, 0) is 9.53 Å². The molecule has 3 nitrogen and oxygen atoms in total. The van der Waals surface area contributed by atoms with Crippen molar-refractivity contribution in [2.24, 2.45) is 0 Å². The van der Waals surface area contributed by atoms with Gasteiger partial charge in [0.25, 0.3) is 5.91 Å². The number of carbonyl (C=O) groups is 1. The first kappa shape index (κ1) is 6.25. The topological polar surface area (TPSA) is 41.6 Å². The second kappa shape index (κ2) is 2.61. The fourth-order valence-corrected chi connectivity index (χ4v) is 0.802. The van der Waals surface area contributed by atoms with Crippen molar-refractivity contribution in [3.63, 3.8) is 0 Å². The van der Waals surface area contributed by atoms with Gasteiger partial charge >= 0.3 is 0 Å². The van der Waals surface area contributed by atoms with Gasteiger partial charge in [0.15, 0.2) is 6.10 Å². The Bertz CT molecular complexity index is 103. The highest BCUT2D eigenvalue weighted by atomic mass is 33.1. The molecule has 46 valence electrons. The molecule has 0 aromatic carbocycles. The van der Waals surface area contributed by atoms with Gasteiger partial charge in [-0.2, -0.15) is 0 Å². The van der Waals surface area contributed by atoms with Crippen molar-refractivity contribution < 1.29 is 9.53 Å². The molecule has 5 heteroatoms. The molecule has 0 bridgehead atoms. The monoisotopic (exact) mass is 151 g/mol. The molecule has 0 spiro atoms. The summed E-state index contributed by atoms with van der Waals surface area (Å²) in [5.41, 5.74) is 0. The Morgan fingerprint density at radius 3 is 3.00 bits per heavy atom. The highest BCUT2D eigenvalue weighted by Crippen LogP contribution is 2.10. The van der Waals surface area contributed by atoms with E-state index in [0.717, 1.165) is 11.0 Å². The zero-order valence-corrected chi connectivity index (χ0v) is 5.67. The molecule has 1 aliphatic rings. The van der Waals surface area contributed by atoms with Crippen LogP contribution in [0, 0.1) is 0 Å². The average molecular weight is 151 g/mol. The summed E-state index contributed by atoms with van der Waals surface area (Å²) in [7, 11) is 0.993. The molecule has 1 aliphatic heterocycles. The molecular weight excluding hydrogens is 146 g/mol. The van der Waals surface area contributed by atoms with Crippen LogP contribution in [0.5, 0.6) is 0 Å². The second-order valence-corrected chi connectivity index (χ2v) is 2.31. The molecule has 1 atom stereocenters. The van der Waals surface area contributed by atoms with Crippen molar-refractivity contribution in [1.29, 1.82) is 0 Å². The van der Waals surface area contributed by atoms with Crippen molar-refractivity contribution in [2.75, 3.05) is 6.61 Å². The Balaban J connectivity index is 2.13. The SMILES string of the molecule is O=C(NSS)C1CO1. The molecule has 1 N–H and O–H groups in total. The number of nitrogens with one attached hydrogen (secondary N) is 1. The van der Waals surface area contributed by atoms with E-state index in [9.17, 15) is 4.79 Å². The van der Waals surface area contributed by atoms with Crippen molar-refractivity contribution in [2.45, 2.75) is 6.10 Å². The number of rotatable bonds is 2. The summed E-state index contributed by atoms with van der Waals surface area (Å²) < 4.78 is 7.09. The average Bonchev–Trinajstić information content (AvgIpc) is 2.45. The normalized spacial score (nSPS) is 24.9. The van der Waals surface area contributed by atoms with E-state index >= 15 is 0 Å². The molecule has 8 heavy (non-hydrogen) atoms. The van der Waals surface area contributed by atoms with Crippen LogP contribution in [0.2, 0.25) is 0 Å².